The van der Waals surface area contributed by atoms with Gasteiger partial charge in [-0.1, -0.05) is 72.3 Å². The third-order valence-electron chi connectivity index (χ3n) is 8.49. The Bertz CT molecular complexity index is 1750. The maximum Gasteiger partial charge on any atom is 0.238 e. The maximum atomic E-state index is 14.7. The topological polar surface area (TPSA) is 79.4 Å². The molecule has 196 valence electrons. The van der Waals surface area contributed by atoms with Crippen LogP contribution in [-0.2, 0) is 10.2 Å². The molecule has 3 aliphatic rings. The minimum atomic E-state index is -1.39. The van der Waals surface area contributed by atoms with Crippen LogP contribution in [0.5, 0.6) is 0 Å². The van der Waals surface area contributed by atoms with Crippen molar-refractivity contribution in [1.29, 1.82) is 0 Å². The number of aromatic nitrogens is 1. The van der Waals surface area contributed by atoms with Crippen LogP contribution in [0.25, 0.3) is 5.57 Å². The Kier molecular flexibility index (Phi) is 5.51. The lowest BCUT2D eigenvalue weighted by molar-refractivity contribution is -0.121. The van der Waals surface area contributed by atoms with E-state index in [9.17, 15) is 14.4 Å². The molecule has 0 aliphatic carbocycles. The first-order valence-electron chi connectivity index (χ1n) is 13.2. The molecule has 4 aromatic rings. The molecule has 7 rings (SSSR count). The van der Waals surface area contributed by atoms with E-state index in [0.29, 0.717) is 21.8 Å². The minimum Gasteiger partial charge on any atom is -0.352 e. The van der Waals surface area contributed by atoms with Gasteiger partial charge < -0.3 is 10.2 Å². The van der Waals surface area contributed by atoms with Crippen molar-refractivity contribution in [2.45, 2.75) is 24.4 Å². The van der Waals surface area contributed by atoms with E-state index in [1.165, 1.54) is 0 Å². The van der Waals surface area contributed by atoms with Crippen molar-refractivity contribution in [3.63, 3.8) is 0 Å². The van der Waals surface area contributed by atoms with E-state index in [0.717, 1.165) is 16.8 Å². The third kappa shape index (κ3) is 3.23. The zero-order chi connectivity index (χ0) is 27.6. The van der Waals surface area contributed by atoms with Gasteiger partial charge in [-0.15, -0.1) is 0 Å². The average molecular weight is 546 g/mol. The number of allylic oxidation sites excluding steroid dienone is 1. The first-order chi connectivity index (χ1) is 19.4. The first kappa shape index (κ1) is 24.5. The second kappa shape index (κ2) is 9.00. The summed E-state index contributed by atoms with van der Waals surface area (Å²) < 4.78 is 0. The van der Waals surface area contributed by atoms with Crippen molar-refractivity contribution >= 4 is 46.0 Å². The predicted octanol–water partition coefficient (Wildman–Crippen LogP) is 5.98. The fraction of sp³-hybridized carbons (Fsp3) is 0.152. The van der Waals surface area contributed by atoms with Gasteiger partial charge in [0.1, 0.15) is 17.2 Å². The quantitative estimate of drug-likeness (QED) is 0.319. The number of hydrogen-bond acceptors (Lipinski definition) is 5. The van der Waals surface area contributed by atoms with Crippen LogP contribution in [-0.4, -0.2) is 34.5 Å². The van der Waals surface area contributed by atoms with Crippen molar-refractivity contribution in [2.24, 2.45) is 5.92 Å². The summed E-state index contributed by atoms with van der Waals surface area (Å²) in [4.78, 5) is 50.0. The van der Waals surface area contributed by atoms with E-state index < -0.39 is 23.4 Å². The standard InChI is InChI=1S/C33H24ClN3O3/c1-19-18-27-33(22-12-4-6-14-24(22)36-32(33)40)28(31(39)25-15-8-9-17-35-25)29(30(38)21-11-2-5-13-23(21)34)37(27)26-16-7-3-10-20(19)26/h2-18,27-29H,1H3,(H,36,40)/t27-,28+,29+,33-/m1/s1. The molecule has 3 aromatic carbocycles. The maximum absolute atomic E-state index is 14.7. The fourth-order valence-corrected chi connectivity index (χ4v) is 7.10. The minimum absolute atomic E-state index is 0.204. The van der Waals surface area contributed by atoms with E-state index >= 15 is 0 Å². The molecule has 4 atom stereocenters. The summed E-state index contributed by atoms with van der Waals surface area (Å²) in [5.74, 6) is -2.08. The summed E-state index contributed by atoms with van der Waals surface area (Å²) in [6.07, 6.45) is 3.58. The molecule has 1 spiro atoms. The van der Waals surface area contributed by atoms with E-state index in [2.05, 4.69) is 10.3 Å². The van der Waals surface area contributed by atoms with Gasteiger partial charge in [0.05, 0.1) is 17.0 Å². The van der Waals surface area contributed by atoms with Gasteiger partial charge in [-0.2, -0.15) is 0 Å². The highest BCUT2D eigenvalue weighted by Crippen LogP contribution is 2.58. The average Bonchev–Trinajstić information content (AvgIpc) is 3.45. The Morgan fingerprint density at radius 3 is 2.42 bits per heavy atom. The van der Waals surface area contributed by atoms with Crippen LogP contribution in [0.15, 0.2) is 103 Å². The van der Waals surface area contributed by atoms with E-state index in [4.69, 9.17) is 11.6 Å². The number of amides is 1. The lowest BCUT2D eigenvalue weighted by atomic mass is 9.64. The SMILES string of the molecule is CC1=C[C@H]2N(c3ccccc31)[C@H](C(=O)c1ccccc1Cl)[C@@H](C(=O)c1ccccn1)[C@]21C(=O)Nc2ccccc21. The van der Waals surface area contributed by atoms with Gasteiger partial charge in [-0.3, -0.25) is 19.4 Å². The van der Waals surface area contributed by atoms with Crippen LogP contribution in [0.1, 0.15) is 38.9 Å². The van der Waals surface area contributed by atoms with Crippen LogP contribution in [0.3, 0.4) is 0 Å². The van der Waals surface area contributed by atoms with Gasteiger partial charge in [0.15, 0.2) is 11.6 Å². The number of rotatable bonds is 4. The first-order valence-corrected chi connectivity index (χ1v) is 13.5. The van der Waals surface area contributed by atoms with E-state index in [1.807, 2.05) is 66.4 Å². The lowest BCUT2D eigenvalue weighted by Crippen LogP contribution is -2.51. The smallest absolute Gasteiger partial charge is 0.238 e. The number of carbonyl (C=O) groups excluding carboxylic acids is 3. The summed E-state index contributed by atoms with van der Waals surface area (Å²) >= 11 is 6.57. The fourth-order valence-electron chi connectivity index (χ4n) is 6.88. The van der Waals surface area contributed by atoms with Crippen LogP contribution in [0, 0.1) is 5.92 Å². The Morgan fingerprint density at radius 2 is 1.62 bits per heavy atom. The molecule has 0 bridgehead atoms. The molecule has 0 radical (unpaired) electrons. The van der Waals surface area contributed by atoms with E-state index in [1.54, 1.807) is 48.7 Å². The summed E-state index contributed by atoms with van der Waals surface area (Å²) in [7, 11) is 0. The number of nitrogens with zero attached hydrogens (tertiary/aromatic N) is 2. The number of benzene rings is 3. The highest BCUT2D eigenvalue weighted by Gasteiger charge is 2.70. The highest BCUT2D eigenvalue weighted by atomic mass is 35.5. The van der Waals surface area contributed by atoms with Crippen LogP contribution < -0.4 is 10.2 Å². The van der Waals surface area contributed by atoms with Gasteiger partial charge >= 0.3 is 0 Å². The monoisotopic (exact) mass is 545 g/mol. The van der Waals surface area contributed by atoms with Gasteiger partial charge in [-0.25, -0.2) is 0 Å². The van der Waals surface area contributed by atoms with Gasteiger partial charge in [0.25, 0.3) is 0 Å². The number of Topliss-reactive ketones (excluding diaryl/α,β-unsaturated/α-hetero) is 2. The number of nitrogens with one attached hydrogen (secondary N) is 1. The van der Waals surface area contributed by atoms with Crippen molar-refractivity contribution < 1.29 is 14.4 Å². The Balaban J connectivity index is 1.57. The number of fused-ring (bicyclic) bond motifs is 6. The molecule has 0 unspecified atom stereocenters. The second-order valence-electron chi connectivity index (χ2n) is 10.4. The molecule has 4 heterocycles. The molecule has 40 heavy (non-hydrogen) atoms. The molecular weight excluding hydrogens is 522 g/mol. The largest absolute Gasteiger partial charge is 0.352 e. The Morgan fingerprint density at radius 1 is 0.900 bits per heavy atom. The van der Waals surface area contributed by atoms with Crippen molar-refractivity contribution in [2.75, 3.05) is 10.2 Å². The molecule has 6 nitrogen and oxygen atoms in total. The number of halogens is 1. The number of anilines is 2. The van der Waals surface area contributed by atoms with E-state index in [-0.39, 0.29) is 23.2 Å². The normalized spacial score (nSPS) is 24.1. The summed E-state index contributed by atoms with van der Waals surface area (Å²) in [5, 5.41) is 3.34. The summed E-state index contributed by atoms with van der Waals surface area (Å²) in [6.45, 7) is 2.00. The summed E-state index contributed by atoms with van der Waals surface area (Å²) in [6, 6.07) is 25.6. The predicted molar refractivity (Wildman–Crippen MR) is 155 cm³/mol. The second-order valence-corrected chi connectivity index (χ2v) is 10.8. The summed E-state index contributed by atoms with van der Waals surface area (Å²) in [5.41, 5.74) is 3.18. The Labute approximate surface area is 236 Å². The zero-order valence-corrected chi connectivity index (χ0v) is 22.3. The molecular formula is C33H24ClN3O3. The Hall–Kier alpha value is -4.55. The van der Waals surface area contributed by atoms with Crippen molar-refractivity contribution in [3.05, 3.63) is 131 Å². The number of pyridine rings is 1. The molecule has 1 saturated heterocycles. The molecule has 1 amide bonds. The third-order valence-corrected chi connectivity index (χ3v) is 8.82. The molecule has 3 aliphatic heterocycles. The van der Waals surface area contributed by atoms with Crippen molar-refractivity contribution in [1.82, 2.24) is 4.98 Å². The van der Waals surface area contributed by atoms with Gasteiger partial charge in [0.2, 0.25) is 5.91 Å². The zero-order valence-electron chi connectivity index (χ0n) is 21.5. The molecule has 1 N–H and O–H groups in total. The van der Waals surface area contributed by atoms with Crippen LogP contribution >= 0.6 is 11.6 Å². The number of carbonyl (C=O) groups is 3. The van der Waals surface area contributed by atoms with Crippen molar-refractivity contribution in [3.8, 4) is 0 Å². The van der Waals surface area contributed by atoms with Gasteiger partial charge in [-0.05, 0) is 54.5 Å². The molecule has 0 saturated carbocycles. The lowest BCUT2D eigenvalue weighted by Gasteiger charge is -2.39. The molecule has 1 aromatic heterocycles. The number of hydrogen-bond donors (Lipinski definition) is 1. The number of para-hydroxylation sites is 2. The van der Waals surface area contributed by atoms with Crippen LogP contribution in [0.4, 0.5) is 11.4 Å². The molecule has 7 heteroatoms. The number of ketones is 2. The molecule has 1 fully saturated rings. The highest BCUT2D eigenvalue weighted by molar-refractivity contribution is 6.34. The van der Waals surface area contributed by atoms with Crippen LogP contribution in [0.2, 0.25) is 5.02 Å². The van der Waals surface area contributed by atoms with Gasteiger partial charge in [0, 0.05) is 28.7 Å².